The Balaban J connectivity index is 2.64. The topological polar surface area (TPSA) is 104 Å². The highest BCUT2D eigenvalue weighted by Crippen LogP contribution is 2.18. The van der Waals surface area contributed by atoms with E-state index in [0.29, 0.717) is 24.5 Å². The van der Waals surface area contributed by atoms with Gasteiger partial charge in [0.25, 0.3) is 0 Å². The lowest BCUT2D eigenvalue weighted by Crippen LogP contribution is -2.26. The highest BCUT2D eigenvalue weighted by atomic mass is 16.4. The number of nitrogen functional groups attached to an aromatic ring is 1. The van der Waals surface area contributed by atoms with Crippen molar-refractivity contribution in [1.82, 2.24) is 5.32 Å². The van der Waals surface area contributed by atoms with Gasteiger partial charge in [0.1, 0.15) is 0 Å². The number of carboxylic acids is 1. The Morgan fingerprint density at radius 2 is 2.06 bits per heavy atom. The second-order valence-corrected chi connectivity index (χ2v) is 3.52. The van der Waals surface area contributed by atoms with Gasteiger partial charge in [-0.1, -0.05) is 0 Å². The number of nitrogens with two attached hydrogens (primary N) is 1. The van der Waals surface area contributed by atoms with Crippen LogP contribution in [0.1, 0.15) is 17.3 Å². The summed E-state index contributed by atoms with van der Waals surface area (Å²) in [6.07, 6.45) is 0. The molecular formula is C11H15N3O3. The highest BCUT2D eigenvalue weighted by molar-refractivity contribution is 5.95. The highest BCUT2D eigenvalue weighted by Gasteiger charge is 2.09. The van der Waals surface area contributed by atoms with Crippen molar-refractivity contribution in [1.29, 1.82) is 0 Å². The molecule has 1 aromatic rings. The number of carbonyl (C=O) groups excluding carboxylic acids is 1. The van der Waals surface area contributed by atoms with Gasteiger partial charge in [0.15, 0.2) is 0 Å². The molecule has 5 N–H and O–H groups in total. The predicted molar refractivity (Wildman–Crippen MR) is 65.0 cm³/mol. The predicted octanol–water partition coefficient (Wildman–Crippen LogP) is 0.515. The molecule has 0 aliphatic heterocycles. The maximum Gasteiger partial charge on any atom is 0.337 e. The summed E-state index contributed by atoms with van der Waals surface area (Å²) in [4.78, 5) is 21.6. The number of amides is 1. The van der Waals surface area contributed by atoms with E-state index in [2.05, 4.69) is 10.6 Å². The van der Waals surface area contributed by atoms with Crippen molar-refractivity contribution < 1.29 is 14.7 Å². The second kappa shape index (κ2) is 5.74. The number of hydrogen-bond acceptors (Lipinski definition) is 4. The van der Waals surface area contributed by atoms with E-state index >= 15 is 0 Å². The molecule has 0 saturated carbocycles. The van der Waals surface area contributed by atoms with Crippen LogP contribution in [0.2, 0.25) is 0 Å². The summed E-state index contributed by atoms with van der Waals surface area (Å²) in [6.45, 7) is 2.30. The van der Waals surface area contributed by atoms with Crippen LogP contribution in [0.3, 0.4) is 0 Å². The van der Waals surface area contributed by atoms with E-state index < -0.39 is 5.97 Å². The smallest absolute Gasteiger partial charge is 0.337 e. The molecule has 0 aliphatic carbocycles. The molecule has 0 spiro atoms. The maximum absolute atomic E-state index is 10.9. The summed E-state index contributed by atoms with van der Waals surface area (Å²) < 4.78 is 0. The molecule has 92 valence electrons. The summed E-state index contributed by atoms with van der Waals surface area (Å²) in [7, 11) is 0. The van der Waals surface area contributed by atoms with E-state index in [1.165, 1.54) is 13.0 Å². The molecule has 17 heavy (non-hydrogen) atoms. The lowest BCUT2D eigenvalue weighted by Gasteiger charge is -2.10. The van der Waals surface area contributed by atoms with Crippen LogP contribution in [-0.4, -0.2) is 30.1 Å². The standard InChI is InChI=1S/C11H15N3O3/c1-7(15)13-4-5-14-10-3-2-8(12)6-9(10)11(16)17/h2-3,6,14H,4-5,12H2,1H3,(H,13,15)(H,16,17). The van der Waals surface area contributed by atoms with E-state index in [-0.39, 0.29) is 11.5 Å². The molecule has 6 nitrogen and oxygen atoms in total. The number of nitrogens with one attached hydrogen (secondary N) is 2. The molecule has 0 fully saturated rings. The average Bonchev–Trinajstić information content (AvgIpc) is 2.25. The molecule has 6 heteroatoms. The lowest BCUT2D eigenvalue weighted by molar-refractivity contribution is -0.118. The van der Waals surface area contributed by atoms with Gasteiger partial charge in [-0.25, -0.2) is 4.79 Å². The molecule has 0 atom stereocenters. The first-order chi connectivity index (χ1) is 8.00. The monoisotopic (exact) mass is 237 g/mol. The fourth-order valence-corrected chi connectivity index (χ4v) is 1.33. The normalized spacial score (nSPS) is 9.71. The number of aromatic carboxylic acids is 1. The Labute approximate surface area is 98.8 Å². The van der Waals surface area contributed by atoms with Gasteiger partial charge in [0, 0.05) is 31.4 Å². The van der Waals surface area contributed by atoms with Crippen molar-refractivity contribution in [2.24, 2.45) is 0 Å². The van der Waals surface area contributed by atoms with E-state index in [4.69, 9.17) is 10.8 Å². The minimum atomic E-state index is -1.04. The molecule has 0 radical (unpaired) electrons. The first-order valence-corrected chi connectivity index (χ1v) is 5.12. The van der Waals surface area contributed by atoms with Gasteiger partial charge in [-0.05, 0) is 18.2 Å². The maximum atomic E-state index is 10.9. The Bertz CT molecular complexity index is 432. The van der Waals surface area contributed by atoms with Crippen LogP contribution < -0.4 is 16.4 Å². The first kappa shape index (κ1) is 12.8. The third-order valence-electron chi connectivity index (χ3n) is 2.09. The van der Waals surface area contributed by atoms with E-state index in [1.54, 1.807) is 12.1 Å². The fraction of sp³-hybridized carbons (Fsp3) is 0.273. The molecule has 0 aromatic heterocycles. The van der Waals surface area contributed by atoms with Gasteiger partial charge in [0.2, 0.25) is 5.91 Å². The number of anilines is 2. The molecule has 0 unspecified atom stereocenters. The quantitative estimate of drug-likeness (QED) is 0.441. The van der Waals surface area contributed by atoms with Crippen molar-refractivity contribution >= 4 is 23.3 Å². The Morgan fingerprint density at radius 3 is 2.65 bits per heavy atom. The summed E-state index contributed by atoms with van der Waals surface area (Å²) >= 11 is 0. The summed E-state index contributed by atoms with van der Waals surface area (Å²) in [5.41, 5.74) is 6.51. The van der Waals surface area contributed by atoms with Gasteiger partial charge in [0.05, 0.1) is 5.56 Å². The zero-order valence-corrected chi connectivity index (χ0v) is 9.49. The molecule has 0 heterocycles. The summed E-state index contributed by atoms with van der Waals surface area (Å²) in [5.74, 6) is -1.16. The van der Waals surface area contributed by atoms with Crippen molar-refractivity contribution in [3.05, 3.63) is 23.8 Å². The van der Waals surface area contributed by atoms with E-state index in [9.17, 15) is 9.59 Å². The number of hydrogen-bond donors (Lipinski definition) is 4. The summed E-state index contributed by atoms with van der Waals surface area (Å²) in [5, 5.41) is 14.5. The van der Waals surface area contributed by atoms with Crippen molar-refractivity contribution in [2.75, 3.05) is 24.1 Å². The third-order valence-corrected chi connectivity index (χ3v) is 2.09. The average molecular weight is 237 g/mol. The van der Waals surface area contributed by atoms with Gasteiger partial charge < -0.3 is 21.5 Å². The number of rotatable bonds is 5. The number of benzene rings is 1. The number of carboxylic acid groups (broad SMARTS) is 1. The molecule has 1 rings (SSSR count). The number of carbonyl (C=O) groups is 2. The first-order valence-electron chi connectivity index (χ1n) is 5.12. The van der Waals surface area contributed by atoms with Crippen LogP contribution in [-0.2, 0) is 4.79 Å². The van der Waals surface area contributed by atoms with Crippen LogP contribution in [0.15, 0.2) is 18.2 Å². The Kier molecular flexibility index (Phi) is 4.33. The SMILES string of the molecule is CC(=O)NCCNc1ccc(N)cc1C(=O)O. The van der Waals surface area contributed by atoms with Crippen molar-refractivity contribution in [2.45, 2.75) is 6.92 Å². The van der Waals surface area contributed by atoms with E-state index in [0.717, 1.165) is 0 Å². The van der Waals surface area contributed by atoms with Crippen molar-refractivity contribution in [3.63, 3.8) is 0 Å². The molecule has 0 saturated heterocycles. The van der Waals surface area contributed by atoms with Crippen LogP contribution in [0.25, 0.3) is 0 Å². The molecular weight excluding hydrogens is 222 g/mol. The zero-order chi connectivity index (χ0) is 12.8. The van der Waals surface area contributed by atoms with Crippen LogP contribution >= 0.6 is 0 Å². The van der Waals surface area contributed by atoms with Crippen LogP contribution in [0.4, 0.5) is 11.4 Å². The molecule has 1 amide bonds. The van der Waals surface area contributed by atoms with Gasteiger partial charge in [-0.2, -0.15) is 0 Å². The van der Waals surface area contributed by atoms with Crippen molar-refractivity contribution in [3.8, 4) is 0 Å². The minimum absolute atomic E-state index is 0.118. The van der Waals surface area contributed by atoms with E-state index in [1.807, 2.05) is 0 Å². The zero-order valence-electron chi connectivity index (χ0n) is 9.49. The molecule has 0 aliphatic rings. The molecule has 1 aromatic carbocycles. The van der Waals surface area contributed by atoms with Gasteiger partial charge >= 0.3 is 5.97 Å². The van der Waals surface area contributed by atoms with Gasteiger partial charge in [-0.15, -0.1) is 0 Å². The Hall–Kier alpha value is -2.24. The second-order valence-electron chi connectivity index (χ2n) is 3.52. The lowest BCUT2D eigenvalue weighted by atomic mass is 10.1. The van der Waals surface area contributed by atoms with Crippen LogP contribution in [0, 0.1) is 0 Å². The third kappa shape index (κ3) is 4.02. The fourth-order valence-electron chi connectivity index (χ4n) is 1.33. The van der Waals surface area contributed by atoms with Crippen LogP contribution in [0.5, 0.6) is 0 Å². The minimum Gasteiger partial charge on any atom is -0.478 e. The summed E-state index contributed by atoms with van der Waals surface area (Å²) in [6, 6.07) is 4.61. The molecule has 0 bridgehead atoms. The Morgan fingerprint density at radius 1 is 1.35 bits per heavy atom. The largest absolute Gasteiger partial charge is 0.478 e. The van der Waals surface area contributed by atoms with Gasteiger partial charge in [-0.3, -0.25) is 4.79 Å².